The number of nitrogens with zero attached hydrogens (tertiary/aromatic N) is 1. The van der Waals surface area contributed by atoms with Gasteiger partial charge in [-0.05, 0) is 50.4 Å². The SMILES string of the molecule is CCOC(=O)c1cc2cc(NC(=O)NCCS(=O)(=O)N3CC(C)OC(C)C3)ccc2s1. The molecule has 0 saturated carbocycles. The first kappa shape index (κ1) is 23.5. The third kappa shape index (κ3) is 6.16. The average Bonchev–Trinajstić information content (AvgIpc) is 3.11. The summed E-state index contributed by atoms with van der Waals surface area (Å²) in [6.07, 6.45) is -0.322. The quantitative estimate of drug-likeness (QED) is 0.603. The molecule has 2 aromatic rings. The van der Waals surface area contributed by atoms with E-state index in [0.29, 0.717) is 30.3 Å². The van der Waals surface area contributed by atoms with E-state index in [4.69, 9.17) is 9.47 Å². The number of thiophene rings is 1. The number of ether oxygens (including phenoxy) is 2. The first-order chi connectivity index (χ1) is 14.7. The van der Waals surface area contributed by atoms with Crippen molar-refractivity contribution in [3.63, 3.8) is 0 Å². The number of benzene rings is 1. The molecule has 9 nitrogen and oxygen atoms in total. The molecule has 1 fully saturated rings. The maximum absolute atomic E-state index is 12.5. The Kier molecular flexibility index (Phi) is 7.52. The molecule has 1 aliphatic heterocycles. The number of anilines is 1. The second-order valence-electron chi connectivity index (χ2n) is 7.35. The summed E-state index contributed by atoms with van der Waals surface area (Å²) in [4.78, 5) is 24.6. The van der Waals surface area contributed by atoms with Crippen LogP contribution in [0.2, 0.25) is 0 Å². The number of hydrogen-bond donors (Lipinski definition) is 2. The number of carbonyl (C=O) groups is 2. The molecule has 31 heavy (non-hydrogen) atoms. The van der Waals surface area contributed by atoms with Crippen LogP contribution in [0.15, 0.2) is 24.3 Å². The maximum atomic E-state index is 12.5. The van der Waals surface area contributed by atoms with Crippen molar-refractivity contribution in [2.45, 2.75) is 33.0 Å². The van der Waals surface area contributed by atoms with Crippen molar-refractivity contribution in [2.24, 2.45) is 0 Å². The zero-order valence-electron chi connectivity index (χ0n) is 17.7. The fraction of sp³-hybridized carbons (Fsp3) is 0.500. The van der Waals surface area contributed by atoms with Gasteiger partial charge in [-0.3, -0.25) is 0 Å². The Labute approximate surface area is 185 Å². The van der Waals surface area contributed by atoms with Crippen LogP contribution >= 0.6 is 11.3 Å². The lowest BCUT2D eigenvalue weighted by molar-refractivity contribution is -0.0440. The zero-order valence-corrected chi connectivity index (χ0v) is 19.3. The molecule has 11 heteroatoms. The molecule has 1 aromatic heterocycles. The number of sulfonamides is 1. The highest BCUT2D eigenvalue weighted by atomic mass is 32.2. The number of fused-ring (bicyclic) bond motifs is 1. The Bertz CT molecular complexity index is 1040. The number of rotatable bonds is 7. The van der Waals surface area contributed by atoms with Gasteiger partial charge in [0.1, 0.15) is 4.88 Å². The maximum Gasteiger partial charge on any atom is 0.348 e. The lowest BCUT2D eigenvalue weighted by Gasteiger charge is -2.34. The highest BCUT2D eigenvalue weighted by Gasteiger charge is 2.30. The number of urea groups is 1. The van der Waals surface area contributed by atoms with Gasteiger partial charge in [0, 0.05) is 30.0 Å². The van der Waals surface area contributed by atoms with Gasteiger partial charge in [0.15, 0.2) is 0 Å². The van der Waals surface area contributed by atoms with Crippen LogP contribution in [0.1, 0.15) is 30.4 Å². The lowest BCUT2D eigenvalue weighted by Crippen LogP contribution is -2.49. The molecule has 0 aliphatic carbocycles. The summed E-state index contributed by atoms with van der Waals surface area (Å²) in [5.41, 5.74) is 0.539. The van der Waals surface area contributed by atoms with Gasteiger partial charge in [0.2, 0.25) is 10.0 Å². The van der Waals surface area contributed by atoms with E-state index in [1.54, 1.807) is 25.1 Å². The Balaban J connectivity index is 1.53. The van der Waals surface area contributed by atoms with Crippen LogP contribution < -0.4 is 10.6 Å². The lowest BCUT2D eigenvalue weighted by atomic mass is 10.2. The standard InChI is InChI=1S/C20H27N3O6S2/c1-4-28-19(24)18-10-15-9-16(5-6-17(15)30-18)22-20(25)21-7-8-31(26,27)23-11-13(2)29-14(3)12-23/h5-6,9-10,13-14H,4,7-8,11-12H2,1-3H3,(H2,21,22,25). The van der Waals surface area contributed by atoms with E-state index >= 15 is 0 Å². The molecule has 0 spiro atoms. The molecule has 2 atom stereocenters. The Morgan fingerprint density at radius 2 is 1.94 bits per heavy atom. The van der Waals surface area contributed by atoms with Crippen LogP contribution in [0.3, 0.4) is 0 Å². The topological polar surface area (TPSA) is 114 Å². The second kappa shape index (κ2) is 9.94. The van der Waals surface area contributed by atoms with Gasteiger partial charge in [-0.1, -0.05) is 0 Å². The van der Waals surface area contributed by atoms with Crippen molar-refractivity contribution in [1.82, 2.24) is 9.62 Å². The summed E-state index contributed by atoms with van der Waals surface area (Å²) >= 11 is 1.32. The Morgan fingerprint density at radius 3 is 2.61 bits per heavy atom. The molecule has 170 valence electrons. The highest BCUT2D eigenvalue weighted by molar-refractivity contribution is 7.89. The van der Waals surface area contributed by atoms with Crippen LogP contribution in [-0.2, 0) is 19.5 Å². The predicted molar refractivity (Wildman–Crippen MR) is 120 cm³/mol. The molecule has 2 amide bonds. The van der Waals surface area contributed by atoms with Crippen LogP contribution in [0.4, 0.5) is 10.5 Å². The minimum atomic E-state index is -3.49. The molecule has 1 aliphatic rings. The fourth-order valence-electron chi connectivity index (χ4n) is 3.38. The first-order valence-electron chi connectivity index (χ1n) is 10.1. The average molecular weight is 470 g/mol. The molecular weight excluding hydrogens is 442 g/mol. The van der Waals surface area contributed by atoms with Crippen LogP contribution in [0.5, 0.6) is 0 Å². The van der Waals surface area contributed by atoms with Crippen molar-refractivity contribution in [2.75, 3.05) is 37.3 Å². The number of morpholine rings is 1. The number of carbonyl (C=O) groups excluding carboxylic acids is 2. The summed E-state index contributed by atoms with van der Waals surface area (Å²) in [6, 6.07) is 6.50. The third-order valence-electron chi connectivity index (χ3n) is 4.68. The van der Waals surface area contributed by atoms with E-state index < -0.39 is 16.1 Å². The van der Waals surface area contributed by atoms with Crippen molar-refractivity contribution >= 4 is 49.1 Å². The molecule has 0 bridgehead atoms. The minimum Gasteiger partial charge on any atom is -0.462 e. The first-order valence-corrected chi connectivity index (χ1v) is 12.5. The van der Waals surface area contributed by atoms with Gasteiger partial charge >= 0.3 is 12.0 Å². The third-order valence-corrected chi connectivity index (χ3v) is 7.58. The Morgan fingerprint density at radius 1 is 1.23 bits per heavy atom. The van der Waals surface area contributed by atoms with Gasteiger partial charge < -0.3 is 20.1 Å². The zero-order chi connectivity index (χ0) is 22.6. The van der Waals surface area contributed by atoms with Gasteiger partial charge in [-0.15, -0.1) is 11.3 Å². The molecule has 2 heterocycles. The molecule has 3 rings (SSSR count). The summed E-state index contributed by atoms with van der Waals surface area (Å²) in [5.74, 6) is -0.562. The van der Waals surface area contributed by atoms with Gasteiger partial charge in [-0.25, -0.2) is 18.0 Å². The van der Waals surface area contributed by atoms with Crippen LogP contribution in [0, 0.1) is 0 Å². The molecule has 2 N–H and O–H groups in total. The van der Waals surface area contributed by atoms with Gasteiger partial charge in [0.25, 0.3) is 0 Å². The minimum absolute atomic E-state index is 0.0119. The normalized spacial score (nSPS) is 19.8. The molecule has 2 unspecified atom stereocenters. The van der Waals surface area contributed by atoms with E-state index in [1.807, 2.05) is 19.9 Å². The number of esters is 1. The number of hydrogen-bond acceptors (Lipinski definition) is 7. The summed E-state index contributed by atoms with van der Waals surface area (Å²) < 4.78 is 37.9. The predicted octanol–water partition coefficient (Wildman–Crippen LogP) is 2.64. The van der Waals surface area contributed by atoms with Crippen LogP contribution in [0.25, 0.3) is 10.1 Å². The molecule has 0 radical (unpaired) electrons. The molecular formula is C20H27N3O6S2. The van der Waals surface area contributed by atoms with E-state index in [-0.39, 0.29) is 30.5 Å². The van der Waals surface area contributed by atoms with Crippen molar-refractivity contribution in [1.29, 1.82) is 0 Å². The van der Waals surface area contributed by atoms with Crippen molar-refractivity contribution in [3.05, 3.63) is 29.1 Å². The highest BCUT2D eigenvalue weighted by Crippen LogP contribution is 2.28. The van der Waals surface area contributed by atoms with Gasteiger partial charge in [-0.2, -0.15) is 4.31 Å². The van der Waals surface area contributed by atoms with E-state index in [9.17, 15) is 18.0 Å². The summed E-state index contributed by atoms with van der Waals surface area (Å²) in [5, 5.41) is 6.08. The summed E-state index contributed by atoms with van der Waals surface area (Å²) in [7, 11) is -3.49. The van der Waals surface area contributed by atoms with Crippen molar-refractivity contribution in [3.8, 4) is 0 Å². The monoisotopic (exact) mass is 469 g/mol. The van der Waals surface area contributed by atoms with E-state index in [0.717, 1.165) is 10.1 Å². The summed E-state index contributed by atoms with van der Waals surface area (Å²) in [6.45, 7) is 6.34. The number of amides is 2. The smallest absolute Gasteiger partial charge is 0.348 e. The molecule has 1 saturated heterocycles. The van der Waals surface area contributed by atoms with Gasteiger partial charge in [0.05, 0.1) is 24.6 Å². The molecule has 1 aromatic carbocycles. The van der Waals surface area contributed by atoms with Crippen molar-refractivity contribution < 1.29 is 27.5 Å². The number of nitrogens with one attached hydrogen (secondary N) is 2. The van der Waals surface area contributed by atoms with Crippen LogP contribution in [-0.4, -0.2) is 68.9 Å². The fourth-order valence-corrected chi connectivity index (χ4v) is 5.81. The van der Waals surface area contributed by atoms with E-state index in [2.05, 4.69) is 10.6 Å². The Hall–Kier alpha value is -2.21. The second-order valence-corrected chi connectivity index (χ2v) is 10.5. The largest absolute Gasteiger partial charge is 0.462 e. The van der Waals surface area contributed by atoms with E-state index in [1.165, 1.54) is 15.6 Å².